The fraction of sp³-hybridized carbons (Fsp3) is 0.286. The van der Waals surface area contributed by atoms with Crippen LogP contribution in [-0.4, -0.2) is 27.8 Å². The molecule has 144 valence electrons. The molecule has 0 bridgehead atoms. The van der Waals surface area contributed by atoms with Crippen molar-refractivity contribution < 1.29 is 13.9 Å². The molecule has 1 atom stereocenters. The summed E-state index contributed by atoms with van der Waals surface area (Å²) < 4.78 is 21.1. The number of anilines is 1. The zero-order chi connectivity index (χ0) is 19.7. The Labute approximate surface area is 162 Å². The quantitative estimate of drug-likeness (QED) is 0.749. The maximum Gasteiger partial charge on any atom is 0.261 e. The molecule has 0 fully saturated rings. The Hall–Kier alpha value is -3.22. The van der Waals surface area contributed by atoms with Crippen LogP contribution in [-0.2, 0) is 13.0 Å². The van der Waals surface area contributed by atoms with E-state index < -0.39 is 11.7 Å². The number of carbonyl (C=O) groups excluding carboxylic acids is 1. The number of amides is 1. The van der Waals surface area contributed by atoms with E-state index in [1.54, 1.807) is 23.9 Å². The van der Waals surface area contributed by atoms with Crippen molar-refractivity contribution >= 4 is 11.9 Å². The highest BCUT2D eigenvalue weighted by Gasteiger charge is 2.26. The van der Waals surface area contributed by atoms with Gasteiger partial charge in [-0.25, -0.2) is 9.07 Å². The lowest BCUT2D eigenvalue weighted by molar-refractivity contribution is 0.102. The molecule has 7 heteroatoms. The monoisotopic (exact) mass is 380 g/mol. The van der Waals surface area contributed by atoms with Crippen molar-refractivity contribution in [3.8, 4) is 5.75 Å². The number of hydrogen-bond donors (Lipinski definition) is 1. The van der Waals surface area contributed by atoms with E-state index in [0.717, 1.165) is 23.6 Å². The Morgan fingerprint density at radius 3 is 2.89 bits per heavy atom. The highest BCUT2D eigenvalue weighted by Crippen LogP contribution is 2.35. The van der Waals surface area contributed by atoms with Crippen molar-refractivity contribution in [1.29, 1.82) is 0 Å². The molecule has 1 amide bonds. The number of ether oxygens (including phenoxy) is 1. The molecule has 28 heavy (non-hydrogen) atoms. The van der Waals surface area contributed by atoms with Gasteiger partial charge in [0.2, 0.25) is 5.95 Å². The minimum Gasteiger partial charge on any atom is -0.496 e. The van der Waals surface area contributed by atoms with E-state index in [2.05, 4.69) is 28.4 Å². The maximum absolute atomic E-state index is 13.8. The molecule has 6 nitrogen and oxygen atoms in total. The molecule has 1 N–H and O–H groups in total. The van der Waals surface area contributed by atoms with Gasteiger partial charge in [0.05, 0.1) is 12.7 Å². The zero-order valence-electron chi connectivity index (χ0n) is 15.8. The Kier molecular flexibility index (Phi) is 4.81. The third kappa shape index (κ3) is 3.47. The van der Waals surface area contributed by atoms with Gasteiger partial charge in [0.1, 0.15) is 17.4 Å². The number of rotatable bonds is 4. The summed E-state index contributed by atoms with van der Waals surface area (Å²) in [7, 11) is 1.68. The highest BCUT2D eigenvalue weighted by atomic mass is 19.1. The van der Waals surface area contributed by atoms with Gasteiger partial charge in [-0.15, -0.1) is 5.10 Å². The molecule has 4 rings (SSSR count). The fourth-order valence-electron chi connectivity index (χ4n) is 3.61. The molecular formula is C21H21FN4O2. The molecule has 0 radical (unpaired) electrons. The van der Waals surface area contributed by atoms with E-state index in [-0.39, 0.29) is 17.4 Å². The molecule has 3 aromatic rings. The Balaban J connectivity index is 1.54. The van der Waals surface area contributed by atoms with E-state index in [1.165, 1.54) is 17.7 Å². The summed E-state index contributed by atoms with van der Waals surface area (Å²) in [6, 6.07) is 12.0. The molecule has 1 unspecified atom stereocenters. The van der Waals surface area contributed by atoms with Crippen LogP contribution in [0.25, 0.3) is 0 Å². The summed E-state index contributed by atoms with van der Waals surface area (Å²) >= 11 is 0. The minimum absolute atomic E-state index is 0.0300. The van der Waals surface area contributed by atoms with Crippen LogP contribution in [0.3, 0.4) is 0 Å². The number of nitrogens with one attached hydrogen (secondary N) is 1. The number of fused-ring (bicyclic) bond motifs is 1. The second-order valence-corrected chi connectivity index (χ2v) is 6.94. The SMILES string of the molecule is COc1ccc(C)cc1C1CCn2nc(NC(=O)c3ccccc3F)nc2C1. The standard InChI is InChI=1S/C21H21FN4O2/c1-13-7-8-18(28-2)16(11-13)14-9-10-26-19(12-14)23-21(25-26)24-20(27)15-5-3-4-6-17(15)22/h3-8,11,14H,9-10,12H2,1-2H3,(H,24,25,27). The first kappa shape index (κ1) is 18.2. The largest absolute Gasteiger partial charge is 0.496 e. The molecule has 0 saturated heterocycles. The van der Waals surface area contributed by atoms with Crippen molar-refractivity contribution in [2.24, 2.45) is 0 Å². The first-order chi connectivity index (χ1) is 13.5. The van der Waals surface area contributed by atoms with Crippen LogP contribution in [0.2, 0.25) is 0 Å². The molecule has 1 aromatic heterocycles. The second-order valence-electron chi connectivity index (χ2n) is 6.94. The number of carbonyl (C=O) groups is 1. The fourth-order valence-corrected chi connectivity index (χ4v) is 3.61. The lowest BCUT2D eigenvalue weighted by Crippen LogP contribution is -2.19. The molecular weight excluding hydrogens is 359 g/mol. The van der Waals surface area contributed by atoms with Crippen LogP contribution in [0.4, 0.5) is 10.3 Å². The number of hydrogen-bond acceptors (Lipinski definition) is 4. The van der Waals surface area contributed by atoms with Crippen molar-refractivity contribution in [2.45, 2.75) is 32.2 Å². The van der Waals surface area contributed by atoms with Gasteiger partial charge in [-0.05, 0) is 43.0 Å². The Bertz CT molecular complexity index is 1030. The predicted octanol–water partition coefficient (Wildman–Crippen LogP) is 3.72. The summed E-state index contributed by atoms with van der Waals surface area (Å²) in [5, 5.41) is 6.95. The summed E-state index contributed by atoms with van der Waals surface area (Å²) in [6.45, 7) is 2.75. The first-order valence-corrected chi connectivity index (χ1v) is 9.19. The highest BCUT2D eigenvalue weighted by molar-refractivity contribution is 6.03. The third-order valence-corrected chi connectivity index (χ3v) is 5.04. The summed E-state index contributed by atoms with van der Waals surface area (Å²) in [5.41, 5.74) is 2.31. The molecule has 0 saturated carbocycles. The van der Waals surface area contributed by atoms with Gasteiger partial charge >= 0.3 is 0 Å². The molecule has 1 aliphatic heterocycles. The van der Waals surface area contributed by atoms with Crippen LogP contribution < -0.4 is 10.1 Å². The van der Waals surface area contributed by atoms with Gasteiger partial charge in [0.25, 0.3) is 5.91 Å². The lowest BCUT2D eigenvalue weighted by Gasteiger charge is -2.24. The van der Waals surface area contributed by atoms with Gasteiger partial charge in [-0.1, -0.05) is 29.8 Å². The van der Waals surface area contributed by atoms with Gasteiger partial charge in [-0.2, -0.15) is 4.98 Å². The third-order valence-electron chi connectivity index (χ3n) is 5.04. The van der Waals surface area contributed by atoms with Crippen molar-refractivity contribution in [3.63, 3.8) is 0 Å². The van der Waals surface area contributed by atoms with Crippen LogP contribution in [0.5, 0.6) is 5.75 Å². The number of nitrogens with zero attached hydrogens (tertiary/aromatic N) is 3. The van der Waals surface area contributed by atoms with Gasteiger partial charge < -0.3 is 4.74 Å². The maximum atomic E-state index is 13.8. The average Bonchev–Trinajstić information content (AvgIpc) is 3.09. The molecule has 2 heterocycles. The molecule has 0 aliphatic carbocycles. The van der Waals surface area contributed by atoms with Crippen LogP contribution >= 0.6 is 0 Å². The van der Waals surface area contributed by atoms with Crippen molar-refractivity contribution in [2.75, 3.05) is 12.4 Å². The summed E-state index contributed by atoms with van der Waals surface area (Å²) in [6.07, 6.45) is 1.60. The topological polar surface area (TPSA) is 69.0 Å². The van der Waals surface area contributed by atoms with E-state index in [0.29, 0.717) is 13.0 Å². The van der Waals surface area contributed by atoms with E-state index in [9.17, 15) is 9.18 Å². The molecule has 1 aliphatic rings. The normalized spacial score (nSPS) is 15.8. The average molecular weight is 380 g/mol. The van der Waals surface area contributed by atoms with Crippen LogP contribution in [0.15, 0.2) is 42.5 Å². The number of aryl methyl sites for hydroxylation is 2. The van der Waals surface area contributed by atoms with E-state index in [1.807, 2.05) is 12.1 Å². The Morgan fingerprint density at radius 2 is 2.11 bits per heavy atom. The van der Waals surface area contributed by atoms with Crippen LogP contribution in [0.1, 0.15) is 39.6 Å². The lowest BCUT2D eigenvalue weighted by atomic mass is 9.88. The molecule has 0 spiro atoms. The van der Waals surface area contributed by atoms with Gasteiger partial charge in [0, 0.05) is 13.0 Å². The zero-order valence-corrected chi connectivity index (χ0v) is 15.8. The number of benzene rings is 2. The number of halogens is 1. The van der Waals surface area contributed by atoms with E-state index in [4.69, 9.17) is 4.74 Å². The molecule has 2 aromatic carbocycles. The predicted molar refractivity (Wildman–Crippen MR) is 103 cm³/mol. The Morgan fingerprint density at radius 1 is 1.29 bits per heavy atom. The summed E-state index contributed by atoms with van der Waals surface area (Å²) in [4.78, 5) is 16.8. The minimum atomic E-state index is -0.574. The first-order valence-electron chi connectivity index (χ1n) is 9.19. The van der Waals surface area contributed by atoms with Crippen LogP contribution in [0, 0.1) is 12.7 Å². The summed E-state index contributed by atoms with van der Waals surface area (Å²) in [5.74, 6) is 0.996. The second kappa shape index (κ2) is 7.42. The van der Waals surface area contributed by atoms with Crippen molar-refractivity contribution in [3.05, 3.63) is 70.8 Å². The number of aromatic nitrogens is 3. The van der Waals surface area contributed by atoms with E-state index >= 15 is 0 Å². The van der Waals surface area contributed by atoms with Gasteiger partial charge in [-0.3, -0.25) is 10.1 Å². The van der Waals surface area contributed by atoms with Gasteiger partial charge in [0.15, 0.2) is 0 Å². The van der Waals surface area contributed by atoms with Crippen molar-refractivity contribution in [1.82, 2.24) is 14.8 Å². The number of methoxy groups -OCH3 is 1. The smallest absolute Gasteiger partial charge is 0.261 e.